The average molecular weight is 358 g/mol. The molecule has 11 heteroatoms. The van der Waals surface area contributed by atoms with E-state index >= 15 is 0 Å². The van der Waals surface area contributed by atoms with Gasteiger partial charge in [-0.2, -0.15) is 13.2 Å². The minimum atomic E-state index is -4.46. The number of sulfone groups is 1. The molecule has 0 saturated carbocycles. The smallest absolute Gasteiger partial charge is 0.355 e. The van der Waals surface area contributed by atoms with Crippen molar-refractivity contribution in [1.82, 2.24) is 15.6 Å². The van der Waals surface area contributed by atoms with Crippen LogP contribution in [0, 0.1) is 0 Å². The second kappa shape index (κ2) is 7.77. The second-order valence-corrected chi connectivity index (χ2v) is 7.63. The van der Waals surface area contributed by atoms with Crippen molar-refractivity contribution >= 4 is 27.1 Å². The number of halogens is 3. The molecule has 1 aromatic heterocycles. The van der Waals surface area contributed by atoms with Crippen molar-refractivity contribution in [1.29, 1.82) is 0 Å². The van der Waals surface area contributed by atoms with E-state index in [4.69, 9.17) is 0 Å². The van der Waals surface area contributed by atoms with E-state index in [2.05, 4.69) is 20.6 Å². The third-order valence-electron chi connectivity index (χ3n) is 2.62. The molecule has 1 aromatic rings. The predicted octanol–water partition coefficient (Wildman–Crippen LogP) is 1.26. The maximum absolute atomic E-state index is 12.4. The van der Waals surface area contributed by atoms with Gasteiger partial charge >= 0.3 is 6.18 Å². The maximum Gasteiger partial charge on any atom is 0.434 e. The molecule has 22 heavy (non-hydrogen) atoms. The molecule has 0 unspecified atom stereocenters. The van der Waals surface area contributed by atoms with E-state index in [1.807, 2.05) is 0 Å². The Balaban J connectivity index is 2.46. The molecule has 1 rings (SSSR count). The third kappa shape index (κ3) is 6.18. The molecule has 0 aromatic carbocycles. The van der Waals surface area contributed by atoms with E-state index in [-0.39, 0.29) is 29.6 Å². The number of hydrogen-bond acceptors (Lipinski definition) is 5. The van der Waals surface area contributed by atoms with Gasteiger partial charge in [0.2, 0.25) is 0 Å². The quantitative estimate of drug-likeness (QED) is 0.591. The number of thiazole rings is 1. The number of alkyl halides is 3. The summed E-state index contributed by atoms with van der Waals surface area (Å²) in [7, 11) is -1.61. The highest BCUT2D eigenvalue weighted by Gasteiger charge is 2.33. The summed E-state index contributed by atoms with van der Waals surface area (Å²) in [6, 6.07) is 0. The number of guanidine groups is 1. The van der Waals surface area contributed by atoms with Gasteiger partial charge in [-0.1, -0.05) is 6.92 Å². The SMILES string of the molecule is CCS(=O)(=O)CCNC(=NC)NCc1nc(C(F)(F)F)cs1. The Kier molecular flexibility index (Phi) is 6.60. The highest BCUT2D eigenvalue weighted by atomic mass is 32.2. The van der Waals surface area contributed by atoms with Crippen molar-refractivity contribution in [3.8, 4) is 0 Å². The van der Waals surface area contributed by atoms with Crippen LogP contribution in [-0.2, 0) is 22.6 Å². The fraction of sp³-hybridized carbons (Fsp3) is 0.636. The number of rotatable bonds is 6. The van der Waals surface area contributed by atoms with E-state index in [0.717, 1.165) is 16.7 Å². The largest absolute Gasteiger partial charge is 0.434 e. The molecule has 126 valence electrons. The first-order valence-electron chi connectivity index (χ1n) is 6.34. The summed E-state index contributed by atoms with van der Waals surface area (Å²) < 4.78 is 59.9. The molecule has 0 fully saturated rings. The van der Waals surface area contributed by atoms with Crippen LogP contribution in [0.2, 0.25) is 0 Å². The minimum Gasteiger partial charge on any atom is -0.355 e. The molecule has 0 saturated heterocycles. The fourth-order valence-corrected chi connectivity index (χ4v) is 2.81. The van der Waals surface area contributed by atoms with Crippen molar-refractivity contribution in [2.45, 2.75) is 19.6 Å². The van der Waals surface area contributed by atoms with Gasteiger partial charge in [0.15, 0.2) is 21.5 Å². The van der Waals surface area contributed by atoms with E-state index < -0.39 is 21.7 Å². The highest BCUT2D eigenvalue weighted by molar-refractivity contribution is 7.91. The zero-order valence-corrected chi connectivity index (χ0v) is 13.7. The summed E-state index contributed by atoms with van der Waals surface area (Å²) >= 11 is 0.888. The summed E-state index contributed by atoms with van der Waals surface area (Å²) in [5.74, 6) is 0.315. The predicted molar refractivity (Wildman–Crippen MR) is 79.6 cm³/mol. The van der Waals surface area contributed by atoms with Gasteiger partial charge in [-0.25, -0.2) is 13.4 Å². The number of nitrogens with zero attached hydrogens (tertiary/aromatic N) is 2. The summed E-state index contributed by atoms with van der Waals surface area (Å²) in [4.78, 5) is 7.33. The number of nitrogens with one attached hydrogen (secondary N) is 2. The van der Waals surface area contributed by atoms with Gasteiger partial charge in [-0.15, -0.1) is 11.3 Å². The Morgan fingerprint density at radius 2 is 2.09 bits per heavy atom. The first-order valence-corrected chi connectivity index (χ1v) is 9.04. The van der Waals surface area contributed by atoms with E-state index in [1.165, 1.54) is 7.05 Å². The second-order valence-electron chi connectivity index (χ2n) is 4.21. The topological polar surface area (TPSA) is 83.5 Å². The zero-order valence-electron chi connectivity index (χ0n) is 12.1. The van der Waals surface area contributed by atoms with Crippen LogP contribution in [-0.4, -0.2) is 44.5 Å². The molecule has 6 nitrogen and oxygen atoms in total. The van der Waals surface area contributed by atoms with Crippen LogP contribution >= 0.6 is 11.3 Å². The molecule has 1 heterocycles. The lowest BCUT2D eigenvalue weighted by Crippen LogP contribution is -2.39. The van der Waals surface area contributed by atoms with E-state index in [0.29, 0.717) is 5.96 Å². The first-order chi connectivity index (χ1) is 10.2. The van der Waals surface area contributed by atoms with Crippen LogP contribution in [0.1, 0.15) is 17.6 Å². The molecular weight excluding hydrogens is 341 g/mol. The van der Waals surface area contributed by atoms with Crippen LogP contribution in [0.5, 0.6) is 0 Å². The number of aromatic nitrogens is 1. The molecule has 2 N–H and O–H groups in total. The Labute approximate surface area is 130 Å². The standard InChI is InChI=1S/C11H17F3N4O2S2/c1-3-22(19,20)5-4-16-10(15-2)17-6-9-18-8(7-21-9)11(12,13)14/h7H,3-6H2,1-2H3,(H2,15,16,17). The van der Waals surface area contributed by atoms with Crippen molar-refractivity contribution < 1.29 is 21.6 Å². The van der Waals surface area contributed by atoms with Crippen LogP contribution in [0.4, 0.5) is 13.2 Å². The van der Waals surface area contributed by atoms with Gasteiger partial charge in [-0.05, 0) is 0 Å². The van der Waals surface area contributed by atoms with Gasteiger partial charge in [0, 0.05) is 24.7 Å². The van der Waals surface area contributed by atoms with Crippen LogP contribution in [0.15, 0.2) is 10.4 Å². The van der Waals surface area contributed by atoms with Crippen molar-refractivity contribution in [3.05, 3.63) is 16.1 Å². The third-order valence-corrected chi connectivity index (χ3v) is 5.17. The van der Waals surface area contributed by atoms with E-state index in [1.54, 1.807) is 6.92 Å². The summed E-state index contributed by atoms with van der Waals surface area (Å²) in [6.07, 6.45) is -4.46. The first kappa shape index (κ1) is 18.7. The summed E-state index contributed by atoms with van der Waals surface area (Å²) in [5.41, 5.74) is -0.925. The number of hydrogen-bond donors (Lipinski definition) is 2. The van der Waals surface area contributed by atoms with E-state index in [9.17, 15) is 21.6 Å². The lowest BCUT2D eigenvalue weighted by Gasteiger charge is -2.10. The normalized spacial score (nSPS) is 13.2. The summed E-state index contributed by atoms with van der Waals surface area (Å²) in [5, 5.41) is 6.77. The van der Waals surface area contributed by atoms with Crippen LogP contribution in [0.3, 0.4) is 0 Å². The fourth-order valence-electron chi connectivity index (χ4n) is 1.37. The molecule has 0 aliphatic heterocycles. The van der Waals surface area contributed by atoms with Crippen molar-refractivity contribution in [2.24, 2.45) is 4.99 Å². The Morgan fingerprint density at radius 3 is 2.59 bits per heavy atom. The molecule has 0 radical (unpaired) electrons. The lowest BCUT2D eigenvalue weighted by molar-refractivity contribution is -0.140. The monoisotopic (exact) mass is 358 g/mol. The minimum absolute atomic E-state index is 0.0420. The van der Waals surface area contributed by atoms with Crippen LogP contribution < -0.4 is 10.6 Å². The Hall–Kier alpha value is -1.36. The average Bonchev–Trinajstić information content (AvgIpc) is 2.91. The Morgan fingerprint density at radius 1 is 1.41 bits per heavy atom. The summed E-state index contributed by atoms with van der Waals surface area (Å²) in [6.45, 7) is 1.80. The molecule has 0 atom stereocenters. The number of aliphatic imine (C=N–C) groups is 1. The lowest BCUT2D eigenvalue weighted by atomic mass is 10.5. The van der Waals surface area contributed by atoms with Gasteiger partial charge in [-0.3, -0.25) is 4.99 Å². The highest BCUT2D eigenvalue weighted by Crippen LogP contribution is 2.29. The molecule has 0 amide bonds. The zero-order chi connectivity index (χ0) is 16.8. The van der Waals surface area contributed by atoms with Crippen molar-refractivity contribution in [3.63, 3.8) is 0 Å². The Bertz CT molecular complexity index is 611. The maximum atomic E-state index is 12.4. The molecular formula is C11H17F3N4O2S2. The molecule has 0 aliphatic rings. The van der Waals surface area contributed by atoms with Gasteiger partial charge < -0.3 is 10.6 Å². The van der Waals surface area contributed by atoms with Crippen molar-refractivity contribution in [2.75, 3.05) is 25.1 Å². The van der Waals surface area contributed by atoms with Crippen LogP contribution in [0.25, 0.3) is 0 Å². The molecule has 0 aliphatic carbocycles. The molecule has 0 spiro atoms. The molecule has 0 bridgehead atoms. The van der Waals surface area contributed by atoms with Gasteiger partial charge in [0.25, 0.3) is 0 Å². The van der Waals surface area contributed by atoms with Gasteiger partial charge in [0.05, 0.1) is 12.3 Å². The van der Waals surface area contributed by atoms with Gasteiger partial charge in [0.1, 0.15) is 5.01 Å².